The van der Waals surface area contributed by atoms with Gasteiger partial charge in [-0.3, -0.25) is 9.67 Å². The smallest absolute Gasteiger partial charge is 0.319 e. The van der Waals surface area contributed by atoms with Gasteiger partial charge in [-0.25, -0.2) is 9.18 Å². The molecule has 2 aromatic rings. The molecule has 1 atom stereocenters. The molecule has 0 radical (unpaired) electrons. The van der Waals surface area contributed by atoms with E-state index in [9.17, 15) is 9.18 Å². The van der Waals surface area contributed by atoms with E-state index in [1.807, 2.05) is 32.4 Å². The number of anilines is 1. The van der Waals surface area contributed by atoms with Crippen LogP contribution in [0.5, 0.6) is 0 Å². The number of urea groups is 1. The predicted molar refractivity (Wildman–Crippen MR) is 82.1 cm³/mol. The first-order valence-corrected chi connectivity index (χ1v) is 7.14. The van der Waals surface area contributed by atoms with Gasteiger partial charge in [0.25, 0.3) is 0 Å². The number of pyridine rings is 1. The van der Waals surface area contributed by atoms with Crippen molar-refractivity contribution in [2.75, 3.05) is 5.32 Å². The summed E-state index contributed by atoms with van der Waals surface area (Å²) in [5.41, 5.74) is 3.22. The zero-order valence-electron chi connectivity index (χ0n) is 13.1. The van der Waals surface area contributed by atoms with Gasteiger partial charge in [0, 0.05) is 23.9 Å². The summed E-state index contributed by atoms with van der Waals surface area (Å²) in [7, 11) is 0. The lowest BCUT2D eigenvalue weighted by atomic mass is 10.1. The van der Waals surface area contributed by atoms with Crippen molar-refractivity contribution in [2.24, 2.45) is 0 Å². The van der Waals surface area contributed by atoms with E-state index < -0.39 is 11.8 Å². The molecule has 0 aliphatic carbocycles. The number of aromatic nitrogens is 3. The van der Waals surface area contributed by atoms with Crippen molar-refractivity contribution < 1.29 is 9.18 Å². The standard InChI is InChI=1S/C15H20FN5O/c1-5-21-11(4)14(10(3)20-21)9(2)18-15(22)19-13-6-12(16)7-17-8-13/h6-9H,5H2,1-4H3,(H2,18,19,22). The Balaban J connectivity index is 2.07. The third-order valence-electron chi connectivity index (χ3n) is 3.48. The highest BCUT2D eigenvalue weighted by Crippen LogP contribution is 2.21. The molecule has 0 bridgehead atoms. The Bertz CT molecular complexity index is 683. The Labute approximate surface area is 128 Å². The SMILES string of the molecule is CCn1nc(C)c(C(C)NC(=O)Nc2cncc(F)c2)c1C. The van der Waals surface area contributed by atoms with Gasteiger partial charge >= 0.3 is 6.03 Å². The number of hydrogen-bond donors (Lipinski definition) is 2. The van der Waals surface area contributed by atoms with Gasteiger partial charge in [0.05, 0.1) is 29.8 Å². The maximum atomic E-state index is 13.0. The fraction of sp³-hybridized carbons (Fsp3) is 0.400. The lowest BCUT2D eigenvalue weighted by Crippen LogP contribution is -2.31. The van der Waals surface area contributed by atoms with E-state index in [-0.39, 0.29) is 6.04 Å². The molecule has 0 fully saturated rings. The average molecular weight is 305 g/mol. The average Bonchev–Trinajstić information content (AvgIpc) is 2.73. The van der Waals surface area contributed by atoms with Gasteiger partial charge in [-0.2, -0.15) is 5.10 Å². The second-order valence-corrected chi connectivity index (χ2v) is 5.11. The van der Waals surface area contributed by atoms with Crippen molar-refractivity contribution in [3.63, 3.8) is 0 Å². The molecule has 1 unspecified atom stereocenters. The Morgan fingerprint density at radius 1 is 1.41 bits per heavy atom. The third kappa shape index (κ3) is 3.41. The fourth-order valence-corrected chi connectivity index (χ4v) is 2.56. The summed E-state index contributed by atoms with van der Waals surface area (Å²) in [6, 6.07) is 0.591. The van der Waals surface area contributed by atoms with Crippen molar-refractivity contribution >= 4 is 11.7 Å². The second kappa shape index (κ2) is 6.55. The number of nitrogens with zero attached hydrogens (tertiary/aromatic N) is 3. The normalized spacial score (nSPS) is 12.0. The van der Waals surface area contributed by atoms with E-state index in [1.165, 1.54) is 12.3 Å². The largest absolute Gasteiger partial charge is 0.331 e. The van der Waals surface area contributed by atoms with Crippen LogP contribution < -0.4 is 10.6 Å². The molecule has 2 amide bonds. The van der Waals surface area contributed by atoms with Crippen LogP contribution in [0.15, 0.2) is 18.5 Å². The fourth-order valence-electron chi connectivity index (χ4n) is 2.56. The Morgan fingerprint density at radius 2 is 2.14 bits per heavy atom. The molecule has 0 aliphatic rings. The van der Waals surface area contributed by atoms with Gasteiger partial charge in [-0.05, 0) is 27.7 Å². The number of carbonyl (C=O) groups is 1. The van der Waals surface area contributed by atoms with Gasteiger partial charge in [0.1, 0.15) is 5.82 Å². The highest BCUT2D eigenvalue weighted by Gasteiger charge is 2.18. The summed E-state index contributed by atoms with van der Waals surface area (Å²) in [6.07, 6.45) is 2.47. The second-order valence-electron chi connectivity index (χ2n) is 5.11. The molecule has 0 aromatic carbocycles. The lowest BCUT2D eigenvalue weighted by molar-refractivity contribution is 0.249. The maximum Gasteiger partial charge on any atom is 0.319 e. The Hall–Kier alpha value is -2.44. The number of amides is 2. The Kier molecular flexibility index (Phi) is 4.75. The molecule has 118 valence electrons. The molecule has 2 N–H and O–H groups in total. The highest BCUT2D eigenvalue weighted by molar-refractivity contribution is 5.89. The number of nitrogens with one attached hydrogen (secondary N) is 2. The van der Waals surface area contributed by atoms with Crippen LogP contribution in [0.2, 0.25) is 0 Å². The van der Waals surface area contributed by atoms with E-state index in [1.54, 1.807) is 0 Å². The molecule has 22 heavy (non-hydrogen) atoms. The molecule has 2 heterocycles. The molecule has 0 saturated carbocycles. The molecule has 0 saturated heterocycles. The summed E-state index contributed by atoms with van der Waals surface area (Å²) in [4.78, 5) is 15.7. The molecule has 6 nitrogen and oxygen atoms in total. The predicted octanol–water partition coefficient (Wildman–Crippen LogP) is 2.94. The van der Waals surface area contributed by atoms with Crippen LogP contribution in [0.4, 0.5) is 14.9 Å². The molecular formula is C15H20FN5O. The minimum atomic E-state index is -0.498. The molecule has 7 heteroatoms. The van der Waals surface area contributed by atoms with Crippen LogP contribution in [-0.2, 0) is 6.54 Å². The van der Waals surface area contributed by atoms with Gasteiger partial charge in [0.2, 0.25) is 0 Å². The van der Waals surface area contributed by atoms with E-state index in [2.05, 4.69) is 20.7 Å². The van der Waals surface area contributed by atoms with E-state index in [0.717, 1.165) is 29.7 Å². The molecule has 0 aliphatic heterocycles. The van der Waals surface area contributed by atoms with E-state index in [0.29, 0.717) is 5.69 Å². The molecular weight excluding hydrogens is 285 g/mol. The van der Waals surface area contributed by atoms with Gasteiger partial charge in [-0.15, -0.1) is 0 Å². The topological polar surface area (TPSA) is 71.8 Å². The van der Waals surface area contributed by atoms with Crippen LogP contribution in [0.3, 0.4) is 0 Å². The number of aryl methyl sites for hydroxylation is 2. The number of carbonyl (C=O) groups excluding carboxylic acids is 1. The first kappa shape index (κ1) is 15.9. The molecule has 0 spiro atoms. The van der Waals surface area contributed by atoms with Gasteiger partial charge in [0.15, 0.2) is 0 Å². The summed E-state index contributed by atoms with van der Waals surface area (Å²) in [5.74, 6) is -0.498. The minimum absolute atomic E-state index is 0.207. The lowest BCUT2D eigenvalue weighted by Gasteiger charge is -2.15. The summed E-state index contributed by atoms with van der Waals surface area (Å²) < 4.78 is 14.9. The highest BCUT2D eigenvalue weighted by atomic mass is 19.1. The van der Waals surface area contributed by atoms with Crippen molar-refractivity contribution in [1.29, 1.82) is 0 Å². The van der Waals surface area contributed by atoms with Crippen LogP contribution >= 0.6 is 0 Å². The number of rotatable bonds is 4. The first-order chi connectivity index (χ1) is 10.4. The summed E-state index contributed by atoms with van der Waals surface area (Å²) in [6.45, 7) is 8.58. The van der Waals surface area contributed by atoms with Crippen molar-refractivity contribution in [3.8, 4) is 0 Å². The number of halogens is 1. The summed E-state index contributed by atoms with van der Waals surface area (Å²) in [5, 5.41) is 9.83. The van der Waals surface area contributed by atoms with Crippen LogP contribution in [0, 0.1) is 19.7 Å². The van der Waals surface area contributed by atoms with Crippen molar-refractivity contribution in [1.82, 2.24) is 20.1 Å². The van der Waals surface area contributed by atoms with E-state index >= 15 is 0 Å². The summed E-state index contributed by atoms with van der Waals surface area (Å²) >= 11 is 0. The Morgan fingerprint density at radius 3 is 2.73 bits per heavy atom. The molecule has 2 aromatic heterocycles. The van der Waals surface area contributed by atoms with E-state index in [4.69, 9.17) is 0 Å². The van der Waals surface area contributed by atoms with Crippen molar-refractivity contribution in [2.45, 2.75) is 40.3 Å². The van der Waals surface area contributed by atoms with Crippen LogP contribution in [-0.4, -0.2) is 20.8 Å². The zero-order valence-corrected chi connectivity index (χ0v) is 13.1. The molecule has 2 rings (SSSR count). The van der Waals surface area contributed by atoms with Crippen molar-refractivity contribution in [3.05, 3.63) is 41.2 Å². The quantitative estimate of drug-likeness (QED) is 0.912. The maximum absolute atomic E-state index is 13.0. The number of hydrogen-bond acceptors (Lipinski definition) is 3. The third-order valence-corrected chi connectivity index (χ3v) is 3.48. The minimum Gasteiger partial charge on any atom is -0.331 e. The van der Waals surface area contributed by atoms with Gasteiger partial charge < -0.3 is 10.6 Å². The van der Waals surface area contributed by atoms with Gasteiger partial charge in [-0.1, -0.05) is 0 Å². The van der Waals surface area contributed by atoms with Crippen LogP contribution in [0.25, 0.3) is 0 Å². The first-order valence-electron chi connectivity index (χ1n) is 7.14. The monoisotopic (exact) mass is 305 g/mol. The zero-order chi connectivity index (χ0) is 16.3. The van der Waals surface area contributed by atoms with Crippen LogP contribution in [0.1, 0.15) is 36.8 Å².